The number of nitrogens with zero attached hydrogens (tertiary/aromatic N) is 2. The molecule has 1 amide bonds. The number of alkyl halides is 3. The molecule has 13 heteroatoms. The van der Waals surface area contributed by atoms with E-state index in [1.807, 2.05) is 0 Å². The fourth-order valence-electron chi connectivity index (χ4n) is 4.66. The molecular weight excluding hydrogens is 607 g/mol. The molecule has 0 spiro atoms. The molecule has 3 N–H and O–H groups in total. The minimum absolute atomic E-state index is 0.156. The highest BCUT2D eigenvalue weighted by Gasteiger charge is 2.37. The number of ether oxygens (including phenoxy) is 1. The summed E-state index contributed by atoms with van der Waals surface area (Å²) in [6.07, 6.45) is -5.39. The van der Waals surface area contributed by atoms with Crippen molar-refractivity contribution in [2.75, 3.05) is 18.4 Å². The number of aromatic nitrogens is 1. The van der Waals surface area contributed by atoms with Crippen LogP contribution in [0.5, 0.6) is 5.75 Å². The number of aliphatic hydroxyl groups is 1. The first kappa shape index (κ1) is 30.3. The minimum atomic E-state index is -4.69. The fourth-order valence-corrected chi connectivity index (χ4v) is 5.82. The average Bonchev–Trinajstić information content (AvgIpc) is 3.46. The third kappa shape index (κ3) is 7.10. The number of piperidine rings is 1. The third-order valence-electron chi connectivity index (χ3n) is 6.82. The van der Waals surface area contributed by atoms with Crippen LogP contribution in [-0.4, -0.2) is 51.2 Å². The van der Waals surface area contributed by atoms with Gasteiger partial charge in [-0.05, 0) is 48.0 Å². The van der Waals surface area contributed by atoms with Crippen LogP contribution in [0.4, 0.5) is 18.9 Å². The summed E-state index contributed by atoms with van der Waals surface area (Å²) in [5, 5.41) is 21.8. The van der Waals surface area contributed by atoms with Crippen LogP contribution in [0.3, 0.4) is 0 Å². The zero-order chi connectivity index (χ0) is 30.7. The fraction of sp³-hybridized carbons (Fsp3) is 0.233. The quantitative estimate of drug-likeness (QED) is 0.180. The second-order valence-electron chi connectivity index (χ2n) is 9.78. The monoisotopic (exact) mass is 631 g/mol. The zero-order valence-electron chi connectivity index (χ0n) is 22.3. The largest absolute Gasteiger partial charge is 0.490 e. The van der Waals surface area contributed by atoms with Gasteiger partial charge in [0.15, 0.2) is 11.2 Å². The molecular formula is C30H25ClF3N3O5S. The molecule has 1 unspecified atom stereocenters. The van der Waals surface area contributed by atoms with Gasteiger partial charge in [-0.2, -0.15) is 13.2 Å². The van der Waals surface area contributed by atoms with Crippen molar-refractivity contribution in [2.24, 2.45) is 0 Å². The van der Waals surface area contributed by atoms with Crippen molar-refractivity contribution in [1.29, 1.82) is 0 Å². The number of carboxylic acids is 1. The number of rotatable bonds is 8. The van der Waals surface area contributed by atoms with Crippen molar-refractivity contribution < 1.29 is 37.7 Å². The van der Waals surface area contributed by atoms with Gasteiger partial charge >= 0.3 is 12.1 Å². The Morgan fingerprint density at radius 1 is 1.05 bits per heavy atom. The van der Waals surface area contributed by atoms with Crippen LogP contribution in [0.1, 0.15) is 50.5 Å². The zero-order valence-corrected chi connectivity index (χ0v) is 23.9. The molecule has 3 aromatic carbocycles. The van der Waals surface area contributed by atoms with Gasteiger partial charge in [0.1, 0.15) is 17.5 Å². The second kappa shape index (κ2) is 12.6. The maximum Gasteiger partial charge on any atom is 0.443 e. The molecule has 8 nitrogen and oxygen atoms in total. The number of carbonyl (C=O) groups is 2. The Labute approximate surface area is 253 Å². The number of halogens is 4. The molecule has 1 aliphatic heterocycles. The van der Waals surface area contributed by atoms with E-state index in [0.717, 1.165) is 0 Å². The maximum atomic E-state index is 13.5. The van der Waals surface area contributed by atoms with Crippen molar-refractivity contribution in [3.05, 3.63) is 99.6 Å². The highest BCUT2D eigenvalue weighted by atomic mass is 35.5. The van der Waals surface area contributed by atoms with E-state index in [9.17, 15) is 27.9 Å². The first-order valence-electron chi connectivity index (χ1n) is 13.2. The molecule has 1 aliphatic rings. The molecule has 0 bridgehead atoms. The lowest BCUT2D eigenvalue weighted by atomic mass is 10.1. The number of anilines is 1. The van der Waals surface area contributed by atoms with E-state index in [-0.39, 0.29) is 44.4 Å². The topological polar surface area (TPSA) is 112 Å². The van der Waals surface area contributed by atoms with E-state index in [4.69, 9.17) is 21.4 Å². The number of carboxylic acid groups (broad SMARTS) is 1. The van der Waals surface area contributed by atoms with Crippen molar-refractivity contribution in [2.45, 2.75) is 31.3 Å². The normalized spacial score (nSPS) is 14.8. The summed E-state index contributed by atoms with van der Waals surface area (Å²) in [6, 6.07) is 18.9. The lowest BCUT2D eigenvalue weighted by molar-refractivity contribution is -0.137. The summed E-state index contributed by atoms with van der Waals surface area (Å²) < 4.78 is 46.4. The predicted molar refractivity (Wildman–Crippen MR) is 156 cm³/mol. The number of hydrogen-bond donors (Lipinski definition) is 3. The van der Waals surface area contributed by atoms with Gasteiger partial charge in [-0.25, -0.2) is 9.78 Å². The summed E-state index contributed by atoms with van der Waals surface area (Å²) in [7, 11) is 0. The third-order valence-corrected chi connectivity index (χ3v) is 8.32. The van der Waals surface area contributed by atoms with Crippen LogP contribution in [0, 0.1) is 0 Å². The van der Waals surface area contributed by atoms with Crippen LogP contribution in [0.15, 0.2) is 72.8 Å². The Morgan fingerprint density at radius 3 is 2.35 bits per heavy atom. The van der Waals surface area contributed by atoms with Gasteiger partial charge in [0.05, 0.1) is 21.0 Å². The molecule has 1 aromatic heterocycles. The number of nitrogens with one attached hydrogen (secondary N) is 1. The molecule has 43 heavy (non-hydrogen) atoms. The van der Waals surface area contributed by atoms with E-state index in [1.165, 1.54) is 30.3 Å². The number of aliphatic hydroxyl groups excluding tert-OH is 1. The number of thiazole rings is 1. The van der Waals surface area contributed by atoms with Crippen LogP contribution in [0.2, 0.25) is 5.02 Å². The Balaban J connectivity index is 1.27. The van der Waals surface area contributed by atoms with Gasteiger partial charge in [-0.1, -0.05) is 41.9 Å². The number of carbonyl (C=O) groups excluding carboxylic acids is 1. The Morgan fingerprint density at radius 2 is 1.72 bits per heavy atom. The number of likely N-dealkylation sites (tertiary alicyclic amines) is 1. The van der Waals surface area contributed by atoms with E-state index in [0.29, 0.717) is 48.6 Å². The van der Waals surface area contributed by atoms with E-state index in [1.54, 1.807) is 47.4 Å². The molecule has 1 fully saturated rings. The Hall–Kier alpha value is -4.13. The van der Waals surface area contributed by atoms with E-state index in [2.05, 4.69) is 10.3 Å². The highest BCUT2D eigenvalue weighted by molar-refractivity contribution is 7.15. The van der Waals surface area contributed by atoms with Crippen LogP contribution in [0.25, 0.3) is 10.4 Å². The predicted octanol–water partition coefficient (Wildman–Crippen LogP) is 6.97. The SMILES string of the molecule is O=C(O)c1ccc(OC2CCN(C(=O)c3cc(NC(O)c4nc(C(F)(F)F)sc4-c4ccccc4)ccc3Cl)CC2)cc1. The molecule has 4 aromatic rings. The molecule has 0 aliphatic carbocycles. The van der Waals surface area contributed by atoms with Gasteiger partial charge in [0.2, 0.25) is 0 Å². The number of benzene rings is 3. The van der Waals surface area contributed by atoms with Crippen molar-refractivity contribution >= 4 is 40.5 Å². The lowest BCUT2D eigenvalue weighted by Crippen LogP contribution is -2.41. The number of hydrogen-bond acceptors (Lipinski definition) is 7. The number of amides is 1. The Kier molecular flexibility index (Phi) is 8.90. The first-order valence-corrected chi connectivity index (χ1v) is 14.4. The van der Waals surface area contributed by atoms with Crippen LogP contribution in [-0.2, 0) is 6.18 Å². The smallest absolute Gasteiger partial charge is 0.443 e. The molecule has 2 heterocycles. The van der Waals surface area contributed by atoms with Crippen molar-refractivity contribution in [3.63, 3.8) is 0 Å². The van der Waals surface area contributed by atoms with Crippen molar-refractivity contribution in [1.82, 2.24) is 9.88 Å². The lowest BCUT2D eigenvalue weighted by Gasteiger charge is -2.32. The summed E-state index contributed by atoms with van der Waals surface area (Å²) in [5.41, 5.74) is 0.876. The summed E-state index contributed by atoms with van der Waals surface area (Å²) in [4.78, 5) is 29.9. The van der Waals surface area contributed by atoms with Gasteiger partial charge in [-0.3, -0.25) is 4.79 Å². The maximum absolute atomic E-state index is 13.5. The molecule has 0 radical (unpaired) electrons. The highest BCUT2D eigenvalue weighted by Crippen LogP contribution is 2.41. The standard InChI is InChI=1S/C30H25ClF3N3O5S/c31-23-11-8-19(35-26(38)24-25(17-4-2-1-3-5-17)43-29(36-24)30(32,33)34)16-22(23)27(39)37-14-12-21(13-15-37)42-20-9-6-18(7-10-20)28(40)41/h1-11,16,21,26,35,38H,12-15H2,(H,40,41). The van der Waals surface area contributed by atoms with Gasteiger partial charge in [-0.15, -0.1) is 11.3 Å². The molecule has 224 valence electrons. The van der Waals surface area contributed by atoms with Crippen LogP contribution < -0.4 is 10.1 Å². The first-order chi connectivity index (χ1) is 20.5. The number of aromatic carboxylic acids is 1. The van der Waals surface area contributed by atoms with Crippen molar-refractivity contribution in [3.8, 4) is 16.2 Å². The summed E-state index contributed by atoms with van der Waals surface area (Å²) in [6.45, 7) is 0.763. The molecule has 0 saturated carbocycles. The average molecular weight is 632 g/mol. The van der Waals surface area contributed by atoms with E-state index < -0.39 is 23.4 Å². The van der Waals surface area contributed by atoms with E-state index >= 15 is 0 Å². The van der Waals surface area contributed by atoms with Crippen LogP contribution >= 0.6 is 22.9 Å². The summed E-state index contributed by atoms with van der Waals surface area (Å²) in [5.74, 6) is -0.833. The van der Waals surface area contributed by atoms with Gasteiger partial charge in [0, 0.05) is 31.6 Å². The van der Waals surface area contributed by atoms with Gasteiger partial charge in [0.25, 0.3) is 5.91 Å². The summed E-state index contributed by atoms with van der Waals surface area (Å²) >= 11 is 6.79. The molecule has 1 atom stereocenters. The molecule has 1 saturated heterocycles. The molecule has 5 rings (SSSR count). The minimum Gasteiger partial charge on any atom is -0.490 e. The Bertz CT molecular complexity index is 1610. The second-order valence-corrected chi connectivity index (χ2v) is 11.2. The van der Waals surface area contributed by atoms with Gasteiger partial charge < -0.3 is 25.2 Å².